The summed E-state index contributed by atoms with van der Waals surface area (Å²) in [5, 5.41) is 7.09. The molecule has 0 unspecified atom stereocenters. The zero-order valence-electron chi connectivity index (χ0n) is 16.8. The minimum absolute atomic E-state index is 0.151. The van der Waals surface area contributed by atoms with Gasteiger partial charge >= 0.3 is 5.97 Å². The third-order valence-electron chi connectivity index (χ3n) is 5.50. The Bertz CT molecular complexity index is 1150. The highest BCUT2D eigenvalue weighted by molar-refractivity contribution is 6.01. The van der Waals surface area contributed by atoms with Crippen LogP contribution in [0.4, 0.5) is 5.69 Å². The SMILES string of the molecule is CCOC(=O)c1ccc(NC(=O)C2(c3cc(-c4ccc5c(c4)OCO5)on3)CC2)cc1. The molecule has 0 saturated heterocycles. The highest BCUT2D eigenvalue weighted by Gasteiger charge is 2.53. The van der Waals surface area contributed by atoms with Crippen molar-refractivity contribution < 1.29 is 28.3 Å². The molecule has 2 heterocycles. The van der Waals surface area contributed by atoms with Gasteiger partial charge in [0.25, 0.3) is 0 Å². The van der Waals surface area contributed by atoms with Crippen LogP contribution in [0.1, 0.15) is 35.8 Å². The normalized spacial score (nSPS) is 15.4. The molecule has 0 bridgehead atoms. The van der Waals surface area contributed by atoms with Crippen molar-refractivity contribution in [1.82, 2.24) is 5.16 Å². The Labute approximate surface area is 178 Å². The van der Waals surface area contributed by atoms with Gasteiger partial charge < -0.3 is 24.1 Å². The molecule has 5 rings (SSSR count). The first-order chi connectivity index (χ1) is 15.1. The first kappa shape index (κ1) is 19.2. The minimum Gasteiger partial charge on any atom is -0.462 e. The Morgan fingerprint density at radius 3 is 2.58 bits per heavy atom. The standard InChI is InChI=1S/C23H20N2O6/c1-2-28-21(26)14-3-6-16(7-4-14)24-22(27)23(9-10-23)20-12-18(31-25-20)15-5-8-17-19(11-15)30-13-29-17/h3-8,11-12H,2,9-10,13H2,1H3,(H,24,27). The Morgan fingerprint density at radius 1 is 1.06 bits per heavy atom. The maximum absolute atomic E-state index is 13.0. The number of fused-ring (bicyclic) bond motifs is 1. The van der Waals surface area contributed by atoms with Gasteiger partial charge in [-0.15, -0.1) is 0 Å². The summed E-state index contributed by atoms with van der Waals surface area (Å²) in [7, 11) is 0. The molecule has 2 aromatic carbocycles. The molecule has 1 aliphatic carbocycles. The number of ether oxygens (including phenoxy) is 3. The van der Waals surface area contributed by atoms with Crippen molar-refractivity contribution in [3.05, 3.63) is 59.8 Å². The Morgan fingerprint density at radius 2 is 1.84 bits per heavy atom. The molecule has 1 N–H and O–H groups in total. The molecule has 8 heteroatoms. The first-order valence-corrected chi connectivity index (χ1v) is 10.0. The molecule has 8 nitrogen and oxygen atoms in total. The average molecular weight is 420 g/mol. The van der Waals surface area contributed by atoms with Crippen molar-refractivity contribution in [3.63, 3.8) is 0 Å². The lowest BCUT2D eigenvalue weighted by Gasteiger charge is -2.12. The molecule has 1 saturated carbocycles. The molecule has 1 aliphatic heterocycles. The summed E-state index contributed by atoms with van der Waals surface area (Å²) in [6, 6.07) is 13.9. The quantitative estimate of drug-likeness (QED) is 0.603. The molecule has 158 valence electrons. The van der Waals surface area contributed by atoms with E-state index in [0.29, 0.717) is 53.7 Å². The zero-order valence-corrected chi connectivity index (χ0v) is 16.8. The van der Waals surface area contributed by atoms with Gasteiger partial charge in [0.1, 0.15) is 0 Å². The lowest BCUT2D eigenvalue weighted by Crippen LogP contribution is -2.28. The van der Waals surface area contributed by atoms with Gasteiger partial charge in [0.05, 0.1) is 23.3 Å². The number of carbonyl (C=O) groups excluding carboxylic acids is 2. The minimum atomic E-state index is -0.710. The largest absolute Gasteiger partial charge is 0.462 e. The van der Waals surface area contributed by atoms with E-state index in [4.69, 9.17) is 18.7 Å². The van der Waals surface area contributed by atoms with Gasteiger partial charge in [-0.3, -0.25) is 4.79 Å². The number of aromatic nitrogens is 1. The van der Waals surface area contributed by atoms with E-state index in [1.165, 1.54) is 0 Å². The summed E-state index contributed by atoms with van der Waals surface area (Å²) in [5.41, 5.74) is 1.72. The Balaban J connectivity index is 1.31. The molecule has 3 aromatic rings. The van der Waals surface area contributed by atoms with E-state index in [-0.39, 0.29) is 12.7 Å². The number of carbonyl (C=O) groups is 2. The molecule has 0 spiro atoms. The van der Waals surface area contributed by atoms with Crippen LogP contribution < -0.4 is 14.8 Å². The van der Waals surface area contributed by atoms with Gasteiger partial charge in [0.15, 0.2) is 17.3 Å². The van der Waals surface area contributed by atoms with Crippen molar-refractivity contribution in [3.8, 4) is 22.8 Å². The fourth-order valence-corrected chi connectivity index (χ4v) is 3.57. The topological polar surface area (TPSA) is 99.9 Å². The summed E-state index contributed by atoms with van der Waals surface area (Å²) in [6.07, 6.45) is 1.37. The van der Waals surface area contributed by atoms with Crippen molar-refractivity contribution in [2.24, 2.45) is 0 Å². The van der Waals surface area contributed by atoms with E-state index in [2.05, 4.69) is 10.5 Å². The van der Waals surface area contributed by atoms with Gasteiger partial charge in [-0.2, -0.15) is 0 Å². The highest BCUT2D eigenvalue weighted by atomic mass is 16.7. The van der Waals surface area contributed by atoms with E-state index in [1.54, 1.807) is 37.3 Å². The van der Waals surface area contributed by atoms with Crippen LogP contribution in [0.2, 0.25) is 0 Å². The smallest absolute Gasteiger partial charge is 0.338 e. The molecule has 2 aliphatic rings. The van der Waals surface area contributed by atoms with E-state index in [1.807, 2.05) is 18.2 Å². The number of benzene rings is 2. The van der Waals surface area contributed by atoms with E-state index < -0.39 is 11.4 Å². The molecular formula is C23H20N2O6. The third-order valence-corrected chi connectivity index (χ3v) is 5.50. The summed E-state index contributed by atoms with van der Waals surface area (Å²) >= 11 is 0. The fourth-order valence-electron chi connectivity index (χ4n) is 3.57. The van der Waals surface area contributed by atoms with Crippen LogP contribution in [0.25, 0.3) is 11.3 Å². The molecule has 0 atom stereocenters. The van der Waals surface area contributed by atoms with Crippen molar-refractivity contribution in [2.75, 3.05) is 18.7 Å². The number of amides is 1. The number of nitrogens with zero attached hydrogens (tertiary/aromatic N) is 1. The second-order valence-corrected chi connectivity index (χ2v) is 7.48. The van der Waals surface area contributed by atoms with Gasteiger partial charge in [-0.25, -0.2) is 4.79 Å². The van der Waals surface area contributed by atoms with Crippen LogP contribution >= 0.6 is 0 Å². The first-order valence-electron chi connectivity index (χ1n) is 10.0. The highest BCUT2D eigenvalue weighted by Crippen LogP contribution is 2.49. The maximum atomic E-state index is 13.0. The summed E-state index contributed by atoms with van der Waals surface area (Å²) in [4.78, 5) is 24.8. The molecule has 1 fully saturated rings. The second kappa shape index (κ2) is 7.46. The summed E-state index contributed by atoms with van der Waals surface area (Å²) in [5.74, 6) is 1.36. The number of anilines is 1. The summed E-state index contributed by atoms with van der Waals surface area (Å²) in [6.45, 7) is 2.26. The molecular weight excluding hydrogens is 400 g/mol. The van der Waals surface area contributed by atoms with Gasteiger partial charge in [-0.1, -0.05) is 5.16 Å². The molecule has 0 radical (unpaired) electrons. The molecule has 1 aromatic heterocycles. The Kier molecular flexibility index (Phi) is 4.62. The molecule has 31 heavy (non-hydrogen) atoms. The van der Waals surface area contributed by atoms with E-state index in [9.17, 15) is 9.59 Å². The zero-order chi connectivity index (χ0) is 21.4. The lowest BCUT2D eigenvalue weighted by molar-refractivity contribution is -0.118. The van der Waals surface area contributed by atoms with Crippen LogP contribution in [-0.4, -0.2) is 30.4 Å². The third kappa shape index (κ3) is 3.50. The van der Waals surface area contributed by atoms with Gasteiger partial charge in [-0.05, 0) is 62.2 Å². The van der Waals surface area contributed by atoms with Crippen LogP contribution in [0.3, 0.4) is 0 Å². The van der Waals surface area contributed by atoms with Gasteiger partial charge in [0, 0.05) is 17.3 Å². The number of rotatable bonds is 6. The second-order valence-electron chi connectivity index (χ2n) is 7.48. The van der Waals surface area contributed by atoms with Crippen LogP contribution in [0.15, 0.2) is 53.1 Å². The van der Waals surface area contributed by atoms with Crippen LogP contribution in [-0.2, 0) is 14.9 Å². The summed E-state index contributed by atoms with van der Waals surface area (Å²) < 4.78 is 21.2. The van der Waals surface area contributed by atoms with Crippen molar-refractivity contribution in [2.45, 2.75) is 25.2 Å². The molecule has 1 amide bonds. The van der Waals surface area contributed by atoms with E-state index >= 15 is 0 Å². The van der Waals surface area contributed by atoms with Gasteiger partial charge in [0.2, 0.25) is 12.7 Å². The fraction of sp³-hybridized carbons (Fsp3) is 0.261. The Hall–Kier alpha value is -3.81. The number of nitrogens with one attached hydrogen (secondary N) is 1. The van der Waals surface area contributed by atoms with Crippen molar-refractivity contribution in [1.29, 1.82) is 0 Å². The number of hydrogen-bond acceptors (Lipinski definition) is 7. The monoisotopic (exact) mass is 420 g/mol. The van der Waals surface area contributed by atoms with Crippen LogP contribution in [0.5, 0.6) is 11.5 Å². The van der Waals surface area contributed by atoms with Crippen molar-refractivity contribution >= 4 is 17.6 Å². The predicted molar refractivity (Wildman–Crippen MR) is 110 cm³/mol. The van der Waals surface area contributed by atoms with Crippen LogP contribution in [0, 0.1) is 0 Å². The average Bonchev–Trinajstić information content (AvgIpc) is 3.21. The number of hydrogen-bond donors (Lipinski definition) is 1. The van der Waals surface area contributed by atoms with E-state index in [0.717, 1.165) is 5.56 Å². The predicted octanol–water partition coefficient (Wildman–Crippen LogP) is 3.92. The number of esters is 1. The lowest BCUT2D eigenvalue weighted by atomic mass is 10.00. The maximum Gasteiger partial charge on any atom is 0.338 e.